The van der Waals surface area contributed by atoms with E-state index in [1.165, 1.54) is 0 Å². The number of likely N-dealkylation sites (N-methyl/N-ethyl adjacent to an activating group) is 1. The fraction of sp³-hybridized carbons (Fsp3) is 0.737. The van der Waals surface area contributed by atoms with Crippen molar-refractivity contribution in [1.82, 2.24) is 24.7 Å². The number of hydrogen-bond donors (Lipinski definition) is 1. The third kappa shape index (κ3) is 4.23. The van der Waals surface area contributed by atoms with Gasteiger partial charge in [0.05, 0.1) is 12.4 Å². The van der Waals surface area contributed by atoms with E-state index in [0.717, 1.165) is 77.4 Å². The maximum absolute atomic E-state index is 12.8. The number of amides is 1. The van der Waals surface area contributed by atoms with E-state index in [1.54, 1.807) is 12.4 Å². The number of rotatable bonds is 3. The molecule has 1 unspecified atom stereocenters. The topological polar surface area (TPSA) is 81.8 Å². The Morgan fingerprint density at radius 3 is 2.44 bits per heavy atom. The molecule has 0 spiro atoms. The van der Waals surface area contributed by atoms with Crippen molar-refractivity contribution in [3.63, 3.8) is 0 Å². The number of nitrogens with two attached hydrogens (primary N) is 1. The molecule has 1 aromatic heterocycles. The van der Waals surface area contributed by atoms with Crippen LogP contribution in [0, 0.1) is 0 Å². The van der Waals surface area contributed by atoms with Crippen molar-refractivity contribution in [3.05, 3.63) is 18.1 Å². The molecule has 1 amide bonds. The molecule has 1 aromatic rings. The van der Waals surface area contributed by atoms with Gasteiger partial charge in [-0.15, -0.1) is 0 Å². The summed E-state index contributed by atoms with van der Waals surface area (Å²) in [6.07, 6.45) is 6.73. The predicted octanol–water partition coefficient (Wildman–Crippen LogP) is -0.134. The lowest BCUT2D eigenvalue weighted by molar-refractivity contribution is 0.0658. The number of hydrogen-bond acceptors (Lipinski definition) is 7. The standard InChI is InChI=1S/C19H31N7O/c1-23-8-10-25(11-9-23)19(27)17-12-21-13-18(22-17)24-6-3-16(4-7-24)26-5-2-15(20)14-26/h12-13,15-16H,2-11,14,20H2,1H3. The van der Waals surface area contributed by atoms with Crippen LogP contribution in [0.4, 0.5) is 5.82 Å². The number of anilines is 1. The third-order valence-corrected chi connectivity index (χ3v) is 6.19. The van der Waals surface area contributed by atoms with Gasteiger partial charge < -0.3 is 20.4 Å². The first-order valence-electron chi connectivity index (χ1n) is 10.1. The average molecular weight is 374 g/mol. The fourth-order valence-electron chi connectivity index (χ4n) is 4.39. The zero-order chi connectivity index (χ0) is 18.8. The molecule has 3 fully saturated rings. The Bertz CT molecular complexity index is 653. The highest BCUT2D eigenvalue weighted by molar-refractivity contribution is 5.92. The highest BCUT2D eigenvalue weighted by Crippen LogP contribution is 2.23. The zero-order valence-corrected chi connectivity index (χ0v) is 16.3. The molecule has 0 bridgehead atoms. The van der Waals surface area contributed by atoms with E-state index < -0.39 is 0 Å². The Morgan fingerprint density at radius 1 is 1.04 bits per heavy atom. The minimum atomic E-state index is -0.00149. The molecule has 8 nitrogen and oxygen atoms in total. The molecule has 27 heavy (non-hydrogen) atoms. The molecule has 0 aromatic carbocycles. The first kappa shape index (κ1) is 18.6. The predicted molar refractivity (Wildman–Crippen MR) is 105 cm³/mol. The van der Waals surface area contributed by atoms with E-state index in [1.807, 2.05) is 4.90 Å². The van der Waals surface area contributed by atoms with Gasteiger partial charge in [-0.3, -0.25) is 14.7 Å². The highest BCUT2D eigenvalue weighted by Gasteiger charge is 2.30. The van der Waals surface area contributed by atoms with Crippen LogP contribution in [0.3, 0.4) is 0 Å². The average Bonchev–Trinajstić information content (AvgIpc) is 3.15. The maximum atomic E-state index is 12.8. The van der Waals surface area contributed by atoms with Crippen molar-refractivity contribution < 1.29 is 4.79 Å². The molecule has 148 valence electrons. The van der Waals surface area contributed by atoms with Crippen LogP contribution in [0.2, 0.25) is 0 Å². The van der Waals surface area contributed by atoms with E-state index in [2.05, 4.69) is 31.7 Å². The Kier molecular flexibility index (Phi) is 5.56. The minimum Gasteiger partial charge on any atom is -0.355 e. The van der Waals surface area contributed by atoms with Gasteiger partial charge >= 0.3 is 0 Å². The van der Waals surface area contributed by atoms with Gasteiger partial charge in [-0.2, -0.15) is 0 Å². The second-order valence-electron chi connectivity index (χ2n) is 8.12. The van der Waals surface area contributed by atoms with E-state index in [9.17, 15) is 4.79 Å². The number of carbonyl (C=O) groups is 1. The number of likely N-dealkylation sites (tertiary alicyclic amines) is 1. The Balaban J connectivity index is 1.36. The quantitative estimate of drug-likeness (QED) is 0.790. The van der Waals surface area contributed by atoms with Crippen molar-refractivity contribution in [3.8, 4) is 0 Å². The number of carbonyl (C=O) groups excluding carboxylic acids is 1. The van der Waals surface area contributed by atoms with Gasteiger partial charge in [-0.1, -0.05) is 0 Å². The van der Waals surface area contributed by atoms with E-state index in [-0.39, 0.29) is 5.91 Å². The molecule has 3 aliphatic rings. The van der Waals surface area contributed by atoms with Crippen LogP contribution in [-0.4, -0.2) is 102 Å². The number of piperazine rings is 1. The van der Waals surface area contributed by atoms with Gasteiger partial charge in [0.2, 0.25) is 0 Å². The highest BCUT2D eigenvalue weighted by atomic mass is 16.2. The lowest BCUT2D eigenvalue weighted by Crippen LogP contribution is -2.47. The largest absolute Gasteiger partial charge is 0.355 e. The molecule has 0 aliphatic carbocycles. The smallest absolute Gasteiger partial charge is 0.274 e. The SMILES string of the molecule is CN1CCN(C(=O)c2cncc(N3CCC(N4CCC(N)C4)CC3)n2)CC1. The second kappa shape index (κ2) is 8.08. The second-order valence-corrected chi connectivity index (χ2v) is 8.12. The van der Waals surface area contributed by atoms with Crippen LogP contribution in [0.25, 0.3) is 0 Å². The zero-order valence-electron chi connectivity index (χ0n) is 16.3. The maximum Gasteiger partial charge on any atom is 0.274 e. The molecular weight excluding hydrogens is 342 g/mol. The minimum absolute atomic E-state index is 0.00149. The first-order valence-corrected chi connectivity index (χ1v) is 10.1. The van der Waals surface area contributed by atoms with E-state index in [4.69, 9.17) is 5.73 Å². The van der Waals surface area contributed by atoms with Gasteiger partial charge in [-0.25, -0.2) is 4.98 Å². The van der Waals surface area contributed by atoms with Crippen molar-refractivity contribution in [2.45, 2.75) is 31.3 Å². The molecule has 4 rings (SSSR count). The monoisotopic (exact) mass is 373 g/mol. The third-order valence-electron chi connectivity index (χ3n) is 6.19. The first-order chi connectivity index (χ1) is 13.1. The molecule has 4 heterocycles. The van der Waals surface area contributed by atoms with Gasteiger partial charge in [0.1, 0.15) is 11.5 Å². The molecule has 3 aliphatic heterocycles. The normalized spacial score (nSPS) is 25.9. The van der Waals surface area contributed by atoms with Crippen molar-refractivity contribution in [2.24, 2.45) is 5.73 Å². The summed E-state index contributed by atoms with van der Waals surface area (Å²) in [6, 6.07) is 0.962. The van der Waals surface area contributed by atoms with E-state index >= 15 is 0 Å². The lowest BCUT2D eigenvalue weighted by atomic mass is 10.0. The molecular formula is C19H31N7O. The summed E-state index contributed by atoms with van der Waals surface area (Å²) in [5.74, 6) is 0.824. The van der Waals surface area contributed by atoms with Crippen LogP contribution >= 0.6 is 0 Å². The van der Waals surface area contributed by atoms with E-state index in [0.29, 0.717) is 17.8 Å². The molecule has 3 saturated heterocycles. The van der Waals surface area contributed by atoms with Crippen molar-refractivity contribution in [1.29, 1.82) is 0 Å². The van der Waals surface area contributed by atoms with Crippen LogP contribution in [0.1, 0.15) is 29.8 Å². The fourth-order valence-corrected chi connectivity index (χ4v) is 4.39. The number of piperidine rings is 1. The van der Waals surface area contributed by atoms with Crippen molar-refractivity contribution >= 4 is 11.7 Å². The van der Waals surface area contributed by atoms with Crippen LogP contribution in [0.5, 0.6) is 0 Å². The van der Waals surface area contributed by atoms with Crippen LogP contribution in [0.15, 0.2) is 12.4 Å². The summed E-state index contributed by atoms with van der Waals surface area (Å²) >= 11 is 0. The summed E-state index contributed by atoms with van der Waals surface area (Å²) in [5.41, 5.74) is 6.52. The molecule has 8 heteroatoms. The van der Waals surface area contributed by atoms with Crippen molar-refractivity contribution in [2.75, 3.05) is 64.3 Å². The Morgan fingerprint density at radius 2 is 1.78 bits per heavy atom. The van der Waals surface area contributed by atoms with Crippen LogP contribution < -0.4 is 10.6 Å². The summed E-state index contributed by atoms with van der Waals surface area (Å²) in [5, 5.41) is 0. The lowest BCUT2D eigenvalue weighted by Gasteiger charge is -2.37. The summed E-state index contributed by atoms with van der Waals surface area (Å²) in [4.78, 5) is 30.7. The van der Waals surface area contributed by atoms with Gasteiger partial charge in [-0.05, 0) is 26.3 Å². The molecule has 2 N–H and O–H groups in total. The van der Waals surface area contributed by atoms with Gasteiger partial charge in [0.25, 0.3) is 5.91 Å². The molecule has 0 saturated carbocycles. The number of aromatic nitrogens is 2. The van der Waals surface area contributed by atoms with Gasteiger partial charge in [0, 0.05) is 64.4 Å². The number of nitrogens with zero attached hydrogens (tertiary/aromatic N) is 6. The Hall–Kier alpha value is -1.77. The molecule has 1 atom stereocenters. The summed E-state index contributed by atoms with van der Waals surface area (Å²) in [7, 11) is 2.09. The summed E-state index contributed by atoms with van der Waals surface area (Å²) in [6.45, 7) is 7.39. The van der Waals surface area contributed by atoms with Crippen LogP contribution in [-0.2, 0) is 0 Å². The van der Waals surface area contributed by atoms with Gasteiger partial charge in [0.15, 0.2) is 0 Å². The Labute approximate surface area is 161 Å². The summed E-state index contributed by atoms with van der Waals surface area (Å²) < 4.78 is 0. The molecule has 0 radical (unpaired) electrons.